The normalized spacial score (nSPS) is 11.1. The van der Waals surface area contributed by atoms with Crippen LogP contribution in [-0.2, 0) is 5.75 Å². The van der Waals surface area contributed by atoms with Crippen LogP contribution in [0.4, 0.5) is 0 Å². The third-order valence-corrected chi connectivity index (χ3v) is 6.62. The smallest absolute Gasteiger partial charge is 0.237 e. The van der Waals surface area contributed by atoms with Gasteiger partial charge >= 0.3 is 0 Å². The summed E-state index contributed by atoms with van der Waals surface area (Å²) in [6.07, 6.45) is 2.41. The molecule has 0 fully saturated rings. The molecule has 22 heavy (non-hydrogen) atoms. The van der Waals surface area contributed by atoms with Gasteiger partial charge in [0, 0.05) is 16.7 Å². The summed E-state index contributed by atoms with van der Waals surface area (Å²) < 4.78 is 7.24. The molecule has 0 saturated heterocycles. The predicted molar refractivity (Wildman–Crippen MR) is 92.7 cm³/mol. The molecule has 0 N–H and O–H groups in total. The molecule has 3 heterocycles. The fraction of sp³-hybridized carbons (Fsp3) is 0.385. The summed E-state index contributed by atoms with van der Waals surface area (Å²) in [7, 11) is 0. The van der Waals surface area contributed by atoms with Crippen LogP contribution in [0.1, 0.15) is 25.7 Å². The molecule has 0 unspecified atom stereocenters. The lowest BCUT2D eigenvalue weighted by Gasteiger charge is -1.92. The number of nitrogens with zero attached hydrogens (tertiary/aromatic N) is 4. The van der Waals surface area contributed by atoms with E-state index < -0.39 is 0 Å². The molecule has 5 nitrogen and oxygen atoms in total. The quantitative estimate of drug-likeness (QED) is 0.415. The molecule has 0 saturated carbocycles. The van der Waals surface area contributed by atoms with Gasteiger partial charge < -0.3 is 4.52 Å². The minimum absolute atomic E-state index is 0.613. The Morgan fingerprint density at radius 2 is 2.09 bits per heavy atom. The first kappa shape index (κ1) is 16.0. The first-order valence-corrected chi connectivity index (χ1v) is 10.5. The van der Waals surface area contributed by atoms with E-state index in [0.29, 0.717) is 17.5 Å². The van der Waals surface area contributed by atoms with Crippen molar-refractivity contribution in [2.45, 2.75) is 34.2 Å². The summed E-state index contributed by atoms with van der Waals surface area (Å²) in [5, 5.41) is 16.4. The Morgan fingerprint density at radius 1 is 1.23 bits per heavy atom. The number of hydrogen-bond acceptors (Lipinski definition) is 9. The first-order valence-electron chi connectivity index (χ1n) is 6.79. The van der Waals surface area contributed by atoms with E-state index in [1.807, 2.05) is 16.8 Å². The molecule has 3 aromatic heterocycles. The number of aromatic nitrogens is 4. The SMILES string of the molecule is CCCCSc1nnc(SCc2nc(-c3ccsc3)no2)s1. The number of hydrogen-bond donors (Lipinski definition) is 0. The van der Waals surface area contributed by atoms with Crippen LogP contribution in [0, 0.1) is 0 Å². The molecule has 3 aromatic rings. The molecule has 0 aliphatic rings. The molecule has 0 radical (unpaired) electrons. The molecule has 116 valence electrons. The van der Waals surface area contributed by atoms with Gasteiger partial charge in [-0.3, -0.25) is 0 Å². The maximum absolute atomic E-state index is 5.27. The van der Waals surface area contributed by atoms with E-state index in [4.69, 9.17) is 4.52 Å². The Morgan fingerprint density at radius 3 is 2.86 bits per heavy atom. The van der Waals surface area contributed by atoms with Gasteiger partial charge in [-0.2, -0.15) is 16.3 Å². The molecule has 0 aliphatic heterocycles. The highest BCUT2D eigenvalue weighted by Gasteiger charge is 2.11. The highest BCUT2D eigenvalue weighted by atomic mass is 32.2. The van der Waals surface area contributed by atoms with Gasteiger partial charge in [0.25, 0.3) is 0 Å². The van der Waals surface area contributed by atoms with Crippen molar-refractivity contribution in [1.82, 2.24) is 20.3 Å². The third-order valence-electron chi connectivity index (χ3n) is 2.68. The number of rotatable bonds is 8. The van der Waals surface area contributed by atoms with E-state index in [0.717, 1.165) is 20.0 Å². The van der Waals surface area contributed by atoms with Crippen molar-refractivity contribution < 1.29 is 4.52 Å². The second-order valence-electron chi connectivity index (χ2n) is 4.35. The van der Waals surface area contributed by atoms with Crippen molar-refractivity contribution in [1.29, 1.82) is 0 Å². The van der Waals surface area contributed by atoms with Crippen molar-refractivity contribution in [3.8, 4) is 11.4 Å². The fourth-order valence-electron chi connectivity index (χ4n) is 1.56. The molecular weight excluding hydrogens is 356 g/mol. The van der Waals surface area contributed by atoms with Gasteiger partial charge in [-0.1, -0.05) is 53.4 Å². The molecule has 0 aliphatic carbocycles. The molecule has 0 spiro atoms. The molecule has 0 aromatic carbocycles. The maximum Gasteiger partial charge on any atom is 0.237 e. The summed E-state index contributed by atoms with van der Waals surface area (Å²) in [6, 6.07) is 1.98. The lowest BCUT2D eigenvalue weighted by Crippen LogP contribution is -1.81. The van der Waals surface area contributed by atoms with Crippen LogP contribution >= 0.6 is 46.2 Å². The van der Waals surface area contributed by atoms with Crippen molar-refractivity contribution in [2.75, 3.05) is 5.75 Å². The van der Waals surface area contributed by atoms with E-state index in [-0.39, 0.29) is 0 Å². The topological polar surface area (TPSA) is 64.7 Å². The molecular formula is C13H14N4OS4. The van der Waals surface area contributed by atoms with Gasteiger partial charge in [0.1, 0.15) is 0 Å². The van der Waals surface area contributed by atoms with Gasteiger partial charge in [-0.05, 0) is 17.9 Å². The fourth-order valence-corrected chi connectivity index (χ4v) is 5.21. The standard InChI is InChI=1S/C13H14N4OS4/c1-2-3-5-20-12-15-16-13(22-12)21-8-10-14-11(17-18-10)9-4-6-19-7-9/h4,6-7H,2-3,5,8H2,1H3. The van der Waals surface area contributed by atoms with Crippen molar-refractivity contribution >= 4 is 46.2 Å². The molecule has 0 bridgehead atoms. The second kappa shape index (κ2) is 8.09. The highest BCUT2D eigenvalue weighted by molar-refractivity contribution is 8.02. The Bertz CT molecular complexity index is 695. The summed E-state index contributed by atoms with van der Waals surface area (Å²) >= 11 is 6.59. The van der Waals surface area contributed by atoms with Gasteiger partial charge in [-0.15, -0.1) is 10.2 Å². The average molecular weight is 371 g/mol. The number of unbranched alkanes of at least 4 members (excludes halogenated alkanes) is 1. The zero-order chi connectivity index (χ0) is 15.2. The monoisotopic (exact) mass is 370 g/mol. The van der Waals surface area contributed by atoms with Crippen LogP contribution in [0.2, 0.25) is 0 Å². The predicted octanol–water partition coefficient (Wildman–Crippen LogP) is 4.83. The van der Waals surface area contributed by atoms with Crippen LogP contribution < -0.4 is 0 Å². The maximum atomic E-state index is 5.27. The van der Waals surface area contributed by atoms with Crippen LogP contribution in [-0.4, -0.2) is 26.1 Å². The Labute approximate surface area is 144 Å². The summed E-state index contributed by atoms with van der Waals surface area (Å²) in [5.74, 6) is 2.97. The van der Waals surface area contributed by atoms with Crippen molar-refractivity contribution in [3.05, 3.63) is 22.7 Å². The van der Waals surface area contributed by atoms with E-state index in [1.165, 1.54) is 12.8 Å². The number of thiophene rings is 1. The molecule has 0 amide bonds. The van der Waals surface area contributed by atoms with Gasteiger partial charge in [0.05, 0.1) is 5.75 Å². The summed E-state index contributed by atoms with van der Waals surface area (Å²) in [6.45, 7) is 2.19. The Balaban J connectivity index is 1.52. The van der Waals surface area contributed by atoms with Crippen LogP contribution in [0.5, 0.6) is 0 Å². The Hall–Kier alpha value is -0.900. The van der Waals surface area contributed by atoms with Gasteiger partial charge in [0.2, 0.25) is 11.7 Å². The zero-order valence-corrected chi connectivity index (χ0v) is 15.2. The Kier molecular flexibility index (Phi) is 5.88. The van der Waals surface area contributed by atoms with E-state index in [9.17, 15) is 0 Å². The lowest BCUT2D eigenvalue weighted by molar-refractivity contribution is 0.391. The molecule has 0 atom stereocenters. The average Bonchev–Trinajstić information content (AvgIpc) is 3.26. The van der Waals surface area contributed by atoms with Crippen LogP contribution in [0.25, 0.3) is 11.4 Å². The van der Waals surface area contributed by atoms with E-state index in [1.54, 1.807) is 46.2 Å². The highest BCUT2D eigenvalue weighted by Crippen LogP contribution is 2.31. The van der Waals surface area contributed by atoms with Crippen LogP contribution in [0.15, 0.2) is 30.0 Å². The van der Waals surface area contributed by atoms with E-state index in [2.05, 4.69) is 27.3 Å². The lowest BCUT2D eigenvalue weighted by atomic mass is 10.3. The molecule has 3 rings (SSSR count). The zero-order valence-electron chi connectivity index (χ0n) is 11.9. The molecule has 9 heteroatoms. The number of thioether (sulfide) groups is 2. The van der Waals surface area contributed by atoms with Crippen molar-refractivity contribution in [2.24, 2.45) is 0 Å². The minimum atomic E-state index is 0.613. The van der Waals surface area contributed by atoms with Crippen molar-refractivity contribution in [3.63, 3.8) is 0 Å². The third kappa shape index (κ3) is 4.31. The largest absolute Gasteiger partial charge is 0.338 e. The minimum Gasteiger partial charge on any atom is -0.338 e. The van der Waals surface area contributed by atoms with E-state index >= 15 is 0 Å². The second-order valence-corrected chi connectivity index (χ2v) is 8.67. The van der Waals surface area contributed by atoms with Gasteiger partial charge in [-0.25, -0.2) is 0 Å². The summed E-state index contributed by atoms with van der Waals surface area (Å²) in [5.41, 5.74) is 0.996. The first-order chi connectivity index (χ1) is 10.8. The summed E-state index contributed by atoms with van der Waals surface area (Å²) in [4.78, 5) is 4.39. The van der Waals surface area contributed by atoms with Gasteiger partial charge in [0.15, 0.2) is 8.68 Å². The van der Waals surface area contributed by atoms with Crippen LogP contribution in [0.3, 0.4) is 0 Å².